The third-order valence-electron chi connectivity index (χ3n) is 4.65. The van der Waals surface area contributed by atoms with Gasteiger partial charge in [-0.25, -0.2) is 9.97 Å². The van der Waals surface area contributed by atoms with Crippen LogP contribution in [0.3, 0.4) is 0 Å². The third-order valence-corrected chi connectivity index (χ3v) is 4.65. The van der Waals surface area contributed by atoms with Crippen LogP contribution in [0.4, 0.5) is 11.6 Å². The van der Waals surface area contributed by atoms with Gasteiger partial charge in [-0.15, -0.1) is 0 Å². The van der Waals surface area contributed by atoms with Crippen molar-refractivity contribution in [1.29, 1.82) is 0 Å². The third kappa shape index (κ3) is 2.46. The molecule has 5 heteroatoms. The second-order valence-corrected chi connectivity index (χ2v) is 5.76. The summed E-state index contributed by atoms with van der Waals surface area (Å²) < 4.78 is 0. The van der Waals surface area contributed by atoms with E-state index in [9.17, 15) is 0 Å². The molecule has 20 heavy (non-hydrogen) atoms. The van der Waals surface area contributed by atoms with Gasteiger partial charge in [0.15, 0.2) is 0 Å². The summed E-state index contributed by atoms with van der Waals surface area (Å²) in [6.45, 7) is 6.84. The molecule has 2 aliphatic heterocycles. The summed E-state index contributed by atoms with van der Waals surface area (Å²) in [5.74, 6) is 2.11. The summed E-state index contributed by atoms with van der Waals surface area (Å²) in [4.78, 5) is 14.0. The largest absolute Gasteiger partial charge is 0.373 e. The Morgan fingerprint density at radius 1 is 1.25 bits per heavy atom. The van der Waals surface area contributed by atoms with Gasteiger partial charge in [0.1, 0.15) is 18.0 Å². The number of nitrogens with zero attached hydrogens (tertiary/aromatic N) is 4. The summed E-state index contributed by atoms with van der Waals surface area (Å²) in [5, 5.41) is 3.19. The minimum atomic E-state index is 0.718. The first-order valence-corrected chi connectivity index (χ1v) is 7.84. The Labute approximate surface area is 121 Å². The zero-order chi connectivity index (χ0) is 13.9. The summed E-state index contributed by atoms with van der Waals surface area (Å²) >= 11 is 0. The molecule has 3 heterocycles. The highest BCUT2D eigenvalue weighted by Gasteiger charge is 2.30. The van der Waals surface area contributed by atoms with E-state index in [-0.39, 0.29) is 0 Å². The van der Waals surface area contributed by atoms with Gasteiger partial charge in [0.2, 0.25) is 0 Å². The maximum Gasteiger partial charge on any atom is 0.137 e. The molecule has 0 saturated carbocycles. The van der Waals surface area contributed by atoms with Crippen LogP contribution in [0.1, 0.15) is 31.7 Å². The van der Waals surface area contributed by atoms with Crippen LogP contribution in [0.15, 0.2) is 6.33 Å². The molecule has 110 valence electrons. The first-order valence-electron chi connectivity index (χ1n) is 7.84. The molecule has 0 spiro atoms. The molecule has 1 unspecified atom stereocenters. The van der Waals surface area contributed by atoms with E-state index in [4.69, 9.17) is 0 Å². The lowest BCUT2D eigenvalue weighted by Gasteiger charge is -2.44. The summed E-state index contributed by atoms with van der Waals surface area (Å²) in [7, 11) is 1.93. The van der Waals surface area contributed by atoms with E-state index in [1.165, 1.54) is 37.9 Å². The molecule has 3 rings (SSSR count). The number of aromatic nitrogens is 2. The first kappa shape index (κ1) is 13.6. The molecule has 1 aromatic rings. The zero-order valence-electron chi connectivity index (χ0n) is 12.6. The number of piperazine rings is 1. The molecule has 0 aliphatic carbocycles. The van der Waals surface area contributed by atoms with Crippen LogP contribution in [0.5, 0.6) is 0 Å². The lowest BCUT2D eigenvalue weighted by atomic mass is 9.99. The lowest BCUT2D eigenvalue weighted by molar-refractivity contribution is 0.133. The number of rotatable bonds is 3. The Morgan fingerprint density at radius 3 is 2.95 bits per heavy atom. The molecular weight excluding hydrogens is 250 g/mol. The van der Waals surface area contributed by atoms with Gasteiger partial charge in [0, 0.05) is 38.3 Å². The molecule has 1 aromatic heterocycles. The number of hydrogen-bond acceptors (Lipinski definition) is 5. The second kappa shape index (κ2) is 5.95. The van der Waals surface area contributed by atoms with Gasteiger partial charge >= 0.3 is 0 Å². The minimum absolute atomic E-state index is 0.718. The topological polar surface area (TPSA) is 44.3 Å². The van der Waals surface area contributed by atoms with Crippen molar-refractivity contribution < 1.29 is 0 Å². The van der Waals surface area contributed by atoms with Crippen molar-refractivity contribution in [2.45, 2.75) is 38.6 Å². The van der Waals surface area contributed by atoms with Crippen LogP contribution in [0.2, 0.25) is 0 Å². The van der Waals surface area contributed by atoms with Gasteiger partial charge in [0.25, 0.3) is 0 Å². The molecule has 0 amide bonds. The van der Waals surface area contributed by atoms with Gasteiger partial charge < -0.3 is 10.2 Å². The van der Waals surface area contributed by atoms with E-state index < -0.39 is 0 Å². The molecular formula is C15H25N5. The Bertz CT molecular complexity index is 462. The van der Waals surface area contributed by atoms with E-state index in [1.54, 1.807) is 6.33 Å². The molecule has 0 aromatic carbocycles. The van der Waals surface area contributed by atoms with Crippen LogP contribution in [0, 0.1) is 0 Å². The van der Waals surface area contributed by atoms with Crippen LogP contribution < -0.4 is 10.2 Å². The van der Waals surface area contributed by atoms with Gasteiger partial charge in [-0.3, -0.25) is 4.90 Å². The van der Waals surface area contributed by atoms with E-state index in [0.29, 0.717) is 0 Å². The predicted molar refractivity (Wildman–Crippen MR) is 82.4 cm³/mol. The maximum absolute atomic E-state index is 4.58. The van der Waals surface area contributed by atoms with Gasteiger partial charge in [-0.2, -0.15) is 0 Å². The Kier molecular flexibility index (Phi) is 4.05. The average molecular weight is 275 g/mol. The van der Waals surface area contributed by atoms with Crippen molar-refractivity contribution in [3.63, 3.8) is 0 Å². The highest BCUT2D eigenvalue weighted by Crippen LogP contribution is 2.28. The van der Waals surface area contributed by atoms with Crippen LogP contribution in [-0.4, -0.2) is 54.1 Å². The number of nitrogens with one attached hydrogen (secondary N) is 1. The Hall–Kier alpha value is -1.36. The average Bonchev–Trinajstić information content (AvgIpc) is 2.53. The SMILES string of the molecule is CCc1c(NC)ncnc1N1CCN2CCCCC2C1. The normalized spacial score (nSPS) is 23.5. The smallest absolute Gasteiger partial charge is 0.137 e. The van der Waals surface area contributed by atoms with E-state index >= 15 is 0 Å². The monoisotopic (exact) mass is 275 g/mol. The molecule has 0 radical (unpaired) electrons. The van der Waals surface area contributed by atoms with Crippen molar-refractivity contribution in [1.82, 2.24) is 14.9 Å². The molecule has 0 bridgehead atoms. The molecule has 2 aliphatic rings. The van der Waals surface area contributed by atoms with Crippen molar-refractivity contribution in [2.75, 3.05) is 43.4 Å². The molecule has 5 nitrogen and oxygen atoms in total. The molecule has 1 atom stereocenters. The zero-order valence-corrected chi connectivity index (χ0v) is 12.6. The number of piperidine rings is 1. The van der Waals surface area contributed by atoms with Gasteiger partial charge in [-0.05, 0) is 25.8 Å². The predicted octanol–water partition coefficient (Wildman–Crippen LogP) is 1.76. The quantitative estimate of drug-likeness (QED) is 0.910. The summed E-state index contributed by atoms with van der Waals surface area (Å²) in [6.07, 6.45) is 6.74. The maximum atomic E-state index is 4.58. The second-order valence-electron chi connectivity index (χ2n) is 5.76. The first-order chi connectivity index (χ1) is 9.83. The van der Waals surface area contributed by atoms with Crippen molar-refractivity contribution in [3.05, 3.63) is 11.9 Å². The van der Waals surface area contributed by atoms with E-state index in [1.807, 2.05) is 7.05 Å². The Morgan fingerprint density at radius 2 is 2.15 bits per heavy atom. The van der Waals surface area contributed by atoms with Crippen molar-refractivity contribution in [2.24, 2.45) is 0 Å². The highest BCUT2D eigenvalue weighted by atomic mass is 15.3. The summed E-state index contributed by atoms with van der Waals surface area (Å²) in [6, 6.07) is 0.718. The molecule has 2 saturated heterocycles. The number of fused-ring (bicyclic) bond motifs is 1. The fourth-order valence-electron chi connectivity index (χ4n) is 3.56. The van der Waals surface area contributed by atoms with Crippen LogP contribution >= 0.6 is 0 Å². The van der Waals surface area contributed by atoms with Crippen molar-refractivity contribution >= 4 is 11.6 Å². The van der Waals surface area contributed by atoms with Crippen molar-refractivity contribution in [3.8, 4) is 0 Å². The van der Waals surface area contributed by atoms with E-state index in [2.05, 4.69) is 32.0 Å². The molecule has 1 N–H and O–H groups in total. The van der Waals surface area contributed by atoms with Crippen LogP contribution in [0.25, 0.3) is 0 Å². The summed E-state index contributed by atoms with van der Waals surface area (Å²) in [5.41, 5.74) is 1.25. The van der Waals surface area contributed by atoms with Gasteiger partial charge in [0.05, 0.1) is 0 Å². The fourth-order valence-corrected chi connectivity index (χ4v) is 3.56. The number of hydrogen-bond donors (Lipinski definition) is 1. The van der Waals surface area contributed by atoms with Gasteiger partial charge in [-0.1, -0.05) is 13.3 Å². The van der Waals surface area contributed by atoms with Crippen LogP contribution in [-0.2, 0) is 6.42 Å². The Balaban J connectivity index is 1.82. The fraction of sp³-hybridized carbons (Fsp3) is 0.733. The molecule has 2 fully saturated rings. The number of anilines is 2. The minimum Gasteiger partial charge on any atom is -0.373 e. The standard InChI is InChI=1S/C15H25N5/c1-3-13-14(16-2)17-11-18-15(13)20-9-8-19-7-5-4-6-12(19)10-20/h11-12H,3-10H2,1-2H3,(H,16,17,18). The lowest BCUT2D eigenvalue weighted by Crippen LogP contribution is -2.55. The van der Waals surface area contributed by atoms with E-state index in [0.717, 1.165) is 37.2 Å². The highest BCUT2D eigenvalue weighted by molar-refractivity contribution is 5.58.